The number of esters is 1. The number of nitrogens with zero attached hydrogens (tertiary/aromatic N) is 1. The van der Waals surface area contributed by atoms with Gasteiger partial charge >= 0.3 is 5.97 Å². The molecule has 0 aliphatic carbocycles. The van der Waals surface area contributed by atoms with Crippen LogP contribution in [0.1, 0.15) is 39.2 Å². The van der Waals surface area contributed by atoms with Gasteiger partial charge in [0.05, 0.1) is 35.5 Å². The minimum Gasteiger partial charge on any atom is -0.465 e. The standard InChI is InChI=1S/C22H18Cl2N2O4/c1-13(14-3-5-15(6-4-14)22(28)29-2)26-21(27)19-10-16(23)7-8-20(19)30-18-9-17(24)11-25-12-18/h3-13H,1-2H3,(H,26,27)/t13-/m0/s1. The molecular formula is C22H18Cl2N2O4. The lowest BCUT2D eigenvalue weighted by atomic mass is 10.1. The highest BCUT2D eigenvalue weighted by atomic mass is 35.5. The highest BCUT2D eigenvalue weighted by Crippen LogP contribution is 2.29. The summed E-state index contributed by atoms with van der Waals surface area (Å²) in [5, 5.41) is 3.71. The van der Waals surface area contributed by atoms with Crippen molar-refractivity contribution in [3.63, 3.8) is 0 Å². The first kappa shape index (κ1) is 21.6. The van der Waals surface area contributed by atoms with Crippen molar-refractivity contribution in [2.45, 2.75) is 13.0 Å². The molecule has 0 spiro atoms. The summed E-state index contributed by atoms with van der Waals surface area (Å²) in [6, 6.07) is 12.8. The Hall–Kier alpha value is -3.09. The van der Waals surface area contributed by atoms with Crippen LogP contribution in [0.4, 0.5) is 0 Å². The van der Waals surface area contributed by atoms with E-state index >= 15 is 0 Å². The Morgan fingerprint density at radius 2 is 1.73 bits per heavy atom. The summed E-state index contributed by atoms with van der Waals surface area (Å²) >= 11 is 12.0. The Labute approximate surface area is 183 Å². The number of methoxy groups -OCH3 is 1. The maximum Gasteiger partial charge on any atom is 0.337 e. The van der Waals surface area contributed by atoms with Crippen LogP contribution in [0.25, 0.3) is 0 Å². The van der Waals surface area contributed by atoms with E-state index in [1.807, 2.05) is 6.92 Å². The first-order valence-electron chi connectivity index (χ1n) is 8.94. The Morgan fingerprint density at radius 1 is 1.00 bits per heavy atom. The number of aromatic nitrogens is 1. The molecule has 0 aliphatic rings. The number of nitrogens with one attached hydrogen (secondary N) is 1. The summed E-state index contributed by atoms with van der Waals surface area (Å²) in [7, 11) is 1.32. The molecule has 1 N–H and O–H groups in total. The van der Waals surface area contributed by atoms with Crippen LogP contribution in [0.3, 0.4) is 0 Å². The quantitative estimate of drug-likeness (QED) is 0.510. The summed E-state index contributed by atoms with van der Waals surface area (Å²) < 4.78 is 10.5. The Kier molecular flexibility index (Phi) is 6.92. The van der Waals surface area contributed by atoms with E-state index in [4.69, 9.17) is 32.7 Å². The van der Waals surface area contributed by atoms with Crippen LogP contribution in [-0.2, 0) is 4.74 Å². The monoisotopic (exact) mass is 444 g/mol. The summed E-state index contributed by atoms with van der Waals surface area (Å²) in [5.41, 5.74) is 1.51. The molecule has 1 atom stereocenters. The number of ether oxygens (including phenoxy) is 2. The number of pyridine rings is 1. The molecule has 30 heavy (non-hydrogen) atoms. The Bertz CT molecular complexity index is 1070. The van der Waals surface area contributed by atoms with Crippen LogP contribution >= 0.6 is 23.2 Å². The third-order valence-corrected chi connectivity index (χ3v) is 4.72. The molecule has 3 rings (SSSR count). The van der Waals surface area contributed by atoms with E-state index in [0.29, 0.717) is 27.1 Å². The fourth-order valence-electron chi connectivity index (χ4n) is 2.73. The molecule has 1 aromatic heterocycles. The SMILES string of the molecule is COC(=O)c1ccc([C@H](C)NC(=O)c2cc(Cl)ccc2Oc2cncc(Cl)c2)cc1. The normalized spacial score (nSPS) is 11.5. The molecule has 6 nitrogen and oxygen atoms in total. The van der Waals surface area contributed by atoms with Gasteiger partial charge < -0.3 is 14.8 Å². The molecular weight excluding hydrogens is 427 g/mol. The van der Waals surface area contributed by atoms with Gasteiger partial charge in [-0.25, -0.2) is 4.79 Å². The zero-order valence-corrected chi connectivity index (χ0v) is 17.7. The molecule has 0 fully saturated rings. The minimum atomic E-state index is -0.422. The van der Waals surface area contributed by atoms with Crippen LogP contribution in [0.15, 0.2) is 60.9 Å². The first-order chi connectivity index (χ1) is 14.4. The van der Waals surface area contributed by atoms with Crippen molar-refractivity contribution in [3.05, 3.63) is 87.7 Å². The highest BCUT2D eigenvalue weighted by Gasteiger charge is 2.18. The summed E-state index contributed by atoms with van der Waals surface area (Å²) in [6.07, 6.45) is 2.98. The van der Waals surface area contributed by atoms with Crippen molar-refractivity contribution in [3.8, 4) is 11.5 Å². The minimum absolute atomic E-state index is 0.264. The second-order valence-corrected chi connectivity index (χ2v) is 7.26. The van der Waals surface area contributed by atoms with Crippen molar-refractivity contribution in [1.29, 1.82) is 0 Å². The van der Waals surface area contributed by atoms with Crippen LogP contribution in [0.5, 0.6) is 11.5 Å². The average Bonchev–Trinajstić information content (AvgIpc) is 2.74. The fourth-order valence-corrected chi connectivity index (χ4v) is 3.06. The zero-order valence-electron chi connectivity index (χ0n) is 16.2. The second-order valence-electron chi connectivity index (χ2n) is 6.39. The first-order valence-corrected chi connectivity index (χ1v) is 9.70. The molecule has 0 aliphatic heterocycles. The van der Waals surface area contributed by atoms with E-state index in [2.05, 4.69) is 10.3 Å². The average molecular weight is 445 g/mol. The lowest BCUT2D eigenvalue weighted by Gasteiger charge is -2.17. The van der Waals surface area contributed by atoms with Gasteiger partial charge in [0.1, 0.15) is 11.5 Å². The number of hydrogen-bond donors (Lipinski definition) is 1. The van der Waals surface area contributed by atoms with Gasteiger partial charge in [0.2, 0.25) is 0 Å². The van der Waals surface area contributed by atoms with Gasteiger partial charge in [-0.3, -0.25) is 9.78 Å². The Balaban J connectivity index is 1.79. The van der Waals surface area contributed by atoms with Crippen molar-refractivity contribution in [1.82, 2.24) is 10.3 Å². The number of halogens is 2. The van der Waals surface area contributed by atoms with Crippen LogP contribution in [0, 0.1) is 0 Å². The summed E-state index contributed by atoms with van der Waals surface area (Å²) in [4.78, 5) is 28.5. The zero-order chi connectivity index (χ0) is 21.7. The molecule has 0 radical (unpaired) electrons. The van der Waals surface area contributed by atoms with Gasteiger partial charge in [-0.05, 0) is 42.8 Å². The summed E-state index contributed by atoms with van der Waals surface area (Å²) in [5.74, 6) is -0.0824. The molecule has 0 bridgehead atoms. The topological polar surface area (TPSA) is 77.5 Å². The molecule has 2 aromatic carbocycles. The van der Waals surface area contributed by atoms with Crippen LogP contribution in [0.2, 0.25) is 10.0 Å². The summed E-state index contributed by atoms with van der Waals surface area (Å²) in [6.45, 7) is 1.83. The third-order valence-electron chi connectivity index (χ3n) is 4.27. The Morgan fingerprint density at radius 3 is 2.40 bits per heavy atom. The van der Waals surface area contributed by atoms with Gasteiger partial charge in [-0.2, -0.15) is 0 Å². The van der Waals surface area contributed by atoms with E-state index in [9.17, 15) is 9.59 Å². The number of amides is 1. The molecule has 3 aromatic rings. The second kappa shape index (κ2) is 9.61. The fraction of sp³-hybridized carbons (Fsp3) is 0.136. The van der Waals surface area contributed by atoms with Crippen molar-refractivity contribution < 1.29 is 19.1 Å². The van der Waals surface area contributed by atoms with Crippen molar-refractivity contribution in [2.24, 2.45) is 0 Å². The number of rotatable bonds is 6. The lowest BCUT2D eigenvalue weighted by molar-refractivity contribution is 0.0600. The maximum absolute atomic E-state index is 12.9. The number of benzene rings is 2. The molecule has 0 unspecified atom stereocenters. The lowest BCUT2D eigenvalue weighted by Crippen LogP contribution is -2.27. The highest BCUT2D eigenvalue weighted by molar-refractivity contribution is 6.31. The number of carbonyl (C=O) groups excluding carboxylic acids is 2. The molecule has 154 valence electrons. The van der Waals surface area contributed by atoms with E-state index in [0.717, 1.165) is 5.56 Å². The van der Waals surface area contributed by atoms with E-state index in [-0.39, 0.29) is 17.5 Å². The smallest absolute Gasteiger partial charge is 0.337 e. The molecule has 8 heteroatoms. The molecule has 0 saturated heterocycles. The van der Waals surface area contributed by atoms with Gasteiger partial charge in [0.15, 0.2) is 0 Å². The van der Waals surface area contributed by atoms with Gasteiger partial charge in [-0.15, -0.1) is 0 Å². The largest absolute Gasteiger partial charge is 0.465 e. The van der Waals surface area contributed by atoms with E-state index < -0.39 is 5.97 Å². The van der Waals surface area contributed by atoms with Gasteiger partial charge in [0, 0.05) is 17.3 Å². The third kappa shape index (κ3) is 5.28. The van der Waals surface area contributed by atoms with Crippen molar-refractivity contribution in [2.75, 3.05) is 7.11 Å². The van der Waals surface area contributed by atoms with Gasteiger partial charge in [0.25, 0.3) is 5.91 Å². The van der Waals surface area contributed by atoms with Crippen LogP contribution < -0.4 is 10.1 Å². The molecule has 0 saturated carbocycles. The van der Waals surface area contributed by atoms with Crippen LogP contribution in [-0.4, -0.2) is 24.0 Å². The maximum atomic E-state index is 12.9. The van der Waals surface area contributed by atoms with Gasteiger partial charge in [-0.1, -0.05) is 35.3 Å². The number of carbonyl (C=O) groups is 2. The molecule has 1 amide bonds. The molecule has 1 heterocycles. The van der Waals surface area contributed by atoms with E-state index in [1.165, 1.54) is 25.6 Å². The predicted molar refractivity (Wildman–Crippen MR) is 114 cm³/mol. The van der Waals surface area contributed by atoms with Crippen molar-refractivity contribution >= 4 is 35.1 Å². The van der Waals surface area contributed by atoms with E-state index in [1.54, 1.807) is 42.5 Å². The number of hydrogen-bond acceptors (Lipinski definition) is 5. The predicted octanol–water partition coefficient (Wildman–Crippen LogP) is 5.46.